The summed E-state index contributed by atoms with van der Waals surface area (Å²) < 4.78 is 1.49. The third-order valence-electron chi connectivity index (χ3n) is 3.11. The molecule has 0 saturated carbocycles. The molecule has 10 heteroatoms. The number of amides is 1. The topological polar surface area (TPSA) is 156 Å². The molecule has 10 nitrogen and oxygen atoms in total. The highest BCUT2D eigenvalue weighted by Crippen LogP contribution is 2.15. The lowest BCUT2D eigenvalue weighted by Crippen LogP contribution is -2.52. The summed E-state index contributed by atoms with van der Waals surface area (Å²) >= 11 is 0. The Kier molecular flexibility index (Phi) is 4.63. The maximum absolute atomic E-state index is 11.1. The highest BCUT2D eigenvalue weighted by atomic mass is 16.3. The third-order valence-corrected chi connectivity index (χ3v) is 3.11. The van der Waals surface area contributed by atoms with Gasteiger partial charge < -0.3 is 30.6 Å². The van der Waals surface area contributed by atoms with E-state index < -0.39 is 24.2 Å². The van der Waals surface area contributed by atoms with Crippen molar-refractivity contribution in [2.24, 2.45) is 0 Å². The molecular formula is C12H16N6O4. The van der Waals surface area contributed by atoms with Gasteiger partial charge in [0.25, 0.3) is 0 Å². The van der Waals surface area contributed by atoms with E-state index in [1.807, 2.05) is 0 Å². The molecule has 2 rings (SSSR count). The Balaban J connectivity index is 2.24. The van der Waals surface area contributed by atoms with Gasteiger partial charge in [-0.25, -0.2) is 15.0 Å². The number of nitrogens with zero attached hydrogens (tertiary/aromatic N) is 4. The number of nitrogens with two attached hydrogens (primary N) is 1. The van der Waals surface area contributed by atoms with E-state index in [9.17, 15) is 19.8 Å². The highest BCUT2D eigenvalue weighted by Gasteiger charge is 2.28. The van der Waals surface area contributed by atoms with Gasteiger partial charge >= 0.3 is 0 Å². The van der Waals surface area contributed by atoms with Gasteiger partial charge in [0.05, 0.1) is 25.0 Å². The molecule has 0 aliphatic heterocycles. The lowest BCUT2D eigenvalue weighted by Gasteiger charge is -2.25. The Morgan fingerprint density at radius 1 is 1.45 bits per heavy atom. The summed E-state index contributed by atoms with van der Waals surface area (Å²) in [5, 5.41) is 22.2. The summed E-state index contributed by atoms with van der Waals surface area (Å²) in [6.07, 6.45) is 0.131. The number of rotatable bonds is 6. The number of hydrogen-bond acceptors (Lipinski definition) is 8. The number of fused-ring (bicyclic) bond motifs is 1. The Hall–Kier alpha value is -2.59. The van der Waals surface area contributed by atoms with Crippen molar-refractivity contribution in [3.63, 3.8) is 0 Å². The first-order valence-electron chi connectivity index (χ1n) is 6.44. The van der Waals surface area contributed by atoms with Gasteiger partial charge in [0.2, 0.25) is 5.91 Å². The molecule has 0 unspecified atom stereocenters. The van der Waals surface area contributed by atoms with Gasteiger partial charge in [0, 0.05) is 6.92 Å². The third kappa shape index (κ3) is 3.18. The molecule has 0 radical (unpaired) electrons. The molecule has 0 aliphatic carbocycles. The Morgan fingerprint density at radius 3 is 2.82 bits per heavy atom. The number of aliphatic hydroxyl groups is 2. The van der Waals surface area contributed by atoms with Gasteiger partial charge in [0.1, 0.15) is 17.9 Å². The second-order valence-corrected chi connectivity index (χ2v) is 4.75. The fraction of sp³-hybridized carbons (Fsp3) is 0.417. The van der Waals surface area contributed by atoms with Crippen molar-refractivity contribution in [3.8, 4) is 0 Å². The molecule has 0 fully saturated rings. The smallest absolute Gasteiger partial charge is 0.217 e. The number of aldehydes is 1. The minimum atomic E-state index is -1.53. The van der Waals surface area contributed by atoms with Crippen molar-refractivity contribution in [3.05, 3.63) is 12.7 Å². The van der Waals surface area contributed by atoms with Crippen molar-refractivity contribution < 1.29 is 19.8 Å². The zero-order chi connectivity index (χ0) is 16.3. The summed E-state index contributed by atoms with van der Waals surface area (Å²) in [5.41, 5.74) is 6.44. The summed E-state index contributed by atoms with van der Waals surface area (Å²) in [6.45, 7) is 1.17. The molecule has 5 N–H and O–H groups in total. The van der Waals surface area contributed by atoms with E-state index in [2.05, 4.69) is 20.3 Å². The molecule has 118 valence electrons. The van der Waals surface area contributed by atoms with Crippen LogP contribution < -0.4 is 11.1 Å². The van der Waals surface area contributed by atoms with Crippen LogP contribution in [0.3, 0.4) is 0 Å². The Labute approximate surface area is 125 Å². The van der Waals surface area contributed by atoms with Gasteiger partial charge in [-0.05, 0) is 0 Å². The predicted octanol–water partition coefficient (Wildman–Crippen LogP) is -2.17. The predicted molar refractivity (Wildman–Crippen MR) is 75.4 cm³/mol. The van der Waals surface area contributed by atoms with E-state index in [1.165, 1.54) is 24.1 Å². The van der Waals surface area contributed by atoms with Gasteiger partial charge in [0.15, 0.2) is 17.8 Å². The zero-order valence-corrected chi connectivity index (χ0v) is 11.7. The number of anilines is 1. The van der Waals surface area contributed by atoms with Crippen LogP contribution in [0.25, 0.3) is 11.2 Å². The van der Waals surface area contributed by atoms with Crippen LogP contribution in [-0.4, -0.2) is 60.2 Å². The van der Waals surface area contributed by atoms with Crippen LogP contribution in [0.4, 0.5) is 5.82 Å². The minimum Gasteiger partial charge on any atom is -0.389 e. The lowest BCUT2D eigenvalue weighted by molar-refractivity contribution is -0.124. The van der Waals surface area contributed by atoms with Gasteiger partial charge in [-0.3, -0.25) is 4.79 Å². The first kappa shape index (κ1) is 15.8. The first-order valence-corrected chi connectivity index (χ1v) is 6.44. The summed E-state index contributed by atoms with van der Waals surface area (Å²) in [4.78, 5) is 33.7. The average molecular weight is 308 g/mol. The number of nitrogens with one attached hydrogen (secondary N) is 1. The second-order valence-electron chi connectivity index (χ2n) is 4.75. The maximum atomic E-state index is 11.1. The van der Waals surface area contributed by atoms with E-state index in [4.69, 9.17) is 5.73 Å². The van der Waals surface area contributed by atoms with Crippen molar-refractivity contribution >= 4 is 29.2 Å². The molecule has 0 saturated heterocycles. The molecule has 0 bridgehead atoms. The number of nitrogen functional groups attached to an aromatic ring is 1. The standard InChI is InChI=1S/C12H16N6O4/c1-6(20)17-9(8(22)3-19)7(21)2-18-5-16-10-11(13)14-4-15-12(10)18/h3-5,7-9,21-22H,2H2,1H3,(H,17,20)(H2,13,14,15)/t7-,8+,9-/m1/s1. The van der Waals surface area contributed by atoms with Crippen molar-refractivity contribution in [2.45, 2.75) is 31.7 Å². The quantitative estimate of drug-likeness (QED) is 0.439. The van der Waals surface area contributed by atoms with Gasteiger partial charge in [-0.2, -0.15) is 0 Å². The average Bonchev–Trinajstić information content (AvgIpc) is 2.88. The fourth-order valence-corrected chi connectivity index (χ4v) is 2.08. The first-order chi connectivity index (χ1) is 10.4. The molecule has 2 aromatic heterocycles. The number of aromatic nitrogens is 4. The zero-order valence-electron chi connectivity index (χ0n) is 11.7. The van der Waals surface area contributed by atoms with Crippen LogP contribution in [0.15, 0.2) is 12.7 Å². The van der Waals surface area contributed by atoms with E-state index in [-0.39, 0.29) is 18.6 Å². The van der Waals surface area contributed by atoms with E-state index in [0.29, 0.717) is 11.2 Å². The fourth-order valence-electron chi connectivity index (χ4n) is 2.08. The van der Waals surface area contributed by atoms with Gasteiger partial charge in [-0.15, -0.1) is 0 Å². The number of hydrogen-bond donors (Lipinski definition) is 4. The van der Waals surface area contributed by atoms with Crippen molar-refractivity contribution in [1.82, 2.24) is 24.8 Å². The summed E-state index contributed by atoms with van der Waals surface area (Å²) in [6, 6.07) is -1.15. The Bertz CT molecular complexity index is 687. The van der Waals surface area contributed by atoms with E-state index in [1.54, 1.807) is 0 Å². The molecule has 2 aromatic rings. The molecule has 1 amide bonds. The van der Waals surface area contributed by atoms with Crippen molar-refractivity contribution in [1.29, 1.82) is 0 Å². The van der Waals surface area contributed by atoms with Crippen LogP contribution in [-0.2, 0) is 16.1 Å². The largest absolute Gasteiger partial charge is 0.389 e. The molecular weight excluding hydrogens is 292 g/mol. The van der Waals surface area contributed by atoms with Crippen LogP contribution >= 0.6 is 0 Å². The van der Waals surface area contributed by atoms with E-state index in [0.717, 1.165) is 0 Å². The number of aliphatic hydroxyl groups excluding tert-OH is 2. The van der Waals surface area contributed by atoms with Crippen LogP contribution in [0, 0.1) is 0 Å². The molecule has 0 spiro atoms. The summed E-state index contributed by atoms with van der Waals surface area (Å²) in [7, 11) is 0. The number of carbonyl (C=O) groups excluding carboxylic acids is 2. The SMILES string of the molecule is CC(=O)N[C@H]([C@H](O)Cn1cnc2c(N)ncnc21)[C@@H](O)C=O. The Morgan fingerprint density at radius 2 is 2.18 bits per heavy atom. The molecule has 2 heterocycles. The maximum Gasteiger partial charge on any atom is 0.217 e. The van der Waals surface area contributed by atoms with Crippen LogP contribution in [0.1, 0.15) is 6.92 Å². The molecule has 22 heavy (non-hydrogen) atoms. The van der Waals surface area contributed by atoms with Crippen LogP contribution in [0.2, 0.25) is 0 Å². The number of imidazole rings is 1. The molecule has 0 aromatic carbocycles. The molecule has 0 aliphatic rings. The minimum absolute atomic E-state index is 0.0528. The van der Waals surface area contributed by atoms with E-state index >= 15 is 0 Å². The lowest BCUT2D eigenvalue weighted by atomic mass is 10.1. The second kappa shape index (κ2) is 6.45. The van der Waals surface area contributed by atoms with Crippen LogP contribution in [0.5, 0.6) is 0 Å². The van der Waals surface area contributed by atoms with Gasteiger partial charge in [-0.1, -0.05) is 0 Å². The monoisotopic (exact) mass is 308 g/mol. The highest BCUT2D eigenvalue weighted by molar-refractivity contribution is 5.81. The number of carbonyl (C=O) groups is 2. The van der Waals surface area contributed by atoms with Crippen molar-refractivity contribution in [2.75, 3.05) is 5.73 Å². The normalized spacial score (nSPS) is 15.2. The summed E-state index contributed by atoms with van der Waals surface area (Å²) in [5.74, 6) is -0.281. The molecule has 3 atom stereocenters.